The minimum absolute atomic E-state index is 0.213. The number of halogens is 1. The van der Waals surface area contributed by atoms with E-state index in [4.69, 9.17) is 16.3 Å². The second-order valence-electron chi connectivity index (χ2n) is 4.08. The number of carbonyl (C=O) groups excluding carboxylic acids is 1. The van der Waals surface area contributed by atoms with Gasteiger partial charge in [0.15, 0.2) is 0 Å². The van der Waals surface area contributed by atoms with Crippen molar-refractivity contribution in [2.45, 2.75) is 0 Å². The number of methoxy groups -OCH3 is 1. The molecule has 1 amide bonds. The standard InChI is InChI=1S/C16H14ClNO2/c1-20-15-9-8-13(11-14(15)17)18-16(19)10-7-12-5-3-2-4-6-12/h2-11H,1H3,(H,18,19). The van der Waals surface area contributed by atoms with Crippen molar-refractivity contribution < 1.29 is 9.53 Å². The van der Waals surface area contributed by atoms with E-state index in [-0.39, 0.29) is 5.91 Å². The maximum Gasteiger partial charge on any atom is 0.248 e. The summed E-state index contributed by atoms with van der Waals surface area (Å²) < 4.78 is 5.05. The molecule has 0 aliphatic rings. The third-order valence-corrected chi connectivity index (χ3v) is 2.94. The Balaban J connectivity index is 2.01. The van der Waals surface area contributed by atoms with Gasteiger partial charge in [0, 0.05) is 11.8 Å². The SMILES string of the molecule is COc1ccc(NC(=O)C=Cc2ccccc2)cc1Cl. The van der Waals surface area contributed by atoms with Gasteiger partial charge in [0.25, 0.3) is 0 Å². The number of hydrogen-bond acceptors (Lipinski definition) is 2. The first-order valence-corrected chi connectivity index (χ1v) is 6.44. The number of rotatable bonds is 4. The van der Waals surface area contributed by atoms with E-state index in [0.717, 1.165) is 5.56 Å². The molecule has 0 aromatic heterocycles. The second kappa shape index (κ2) is 6.78. The highest BCUT2D eigenvalue weighted by Gasteiger charge is 2.03. The Labute approximate surface area is 122 Å². The zero-order valence-electron chi connectivity index (χ0n) is 11.0. The molecule has 20 heavy (non-hydrogen) atoms. The summed E-state index contributed by atoms with van der Waals surface area (Å²) in [6, 6.07) is 14.7. The average Bonchev–Trinajstić information content (AvgIpc) is 2.46. The van der Waals surface area contributed by atoms with Crippen LogP contribution in [0.2, 0.25) is 5.02 Å². The fourth-order valence-corrected chi connectivity index (χ4v) is 1.92. The van der Waals surface area contributed by atoms with Crippen LogP contribution in [0.15, 0.2) is 54.6 Å². The summed E-state index contributed by atoms with van der Waals surface area (Å²) >= 11 is 5.99. The van der Waals surface area contributed by atoms with Gasteiger partial charge in [-0.1, -0.05) is 41.9 Å². The summed E-state index contributed by atoms with van der Waals surface area (Å²) in [5, 5.41) is 3.19. The molecule has 0 fully saturated rings. The van der Waals surface area contributed by atoms with Crippen molar-refractivity contribution in [2.24, 2.45) is 0 Å². The average molecular weight is 288 g/mol. The third-order valence-electron chi connectivity index (χ3n) is 2.65. The van der Waals surface area contributed by atoms with Crippen LogP contribution in [0.25, 0.3) is 6.08 Å². The lowest BCUT2D eigenvalue weighted by atomic mass is 10.2. The molecule has 2 rings (SSSR count). The van der Waals surface area contributed by atoms with Gasteiger partial charge in [-0.2, -0.15) is 0 Å². The van der Waals surface area contributed by atoms with Gasteiger partial charge < -0.3 is 10.1 Å². The van der Waals surface area contributed by atoms with Crippen molar-refractivity contribution in [2.75, 3.05) is 12.4 Å². The summed E-state index contributed by atoms with van der Waals surface area (Å²) in [6.07, 6.45) is 3.23. The molecular formula is C16H14ClNO2. The highest BCUT2D eigenvalue weighted by molar-refractivity contribution is 6.32. The van der Waals surface area contributed by atoms with Crippen LogP contribution >= 0.6 is 11.6 Å². The zero-order valence-corrected chi connectivity index (χ0v) is 11.7. The van der Waals surface area contributed by atoms with Crippen molar-refractivity contribution in [1.29, 1.82) is 0 Å². The van der Waals surface area contributed by atoms with Crippen LogP contribution < -0.4 is 10.1 Å². The Morgan fingerprint density at radius 2 is 1.95 bits per heavy atom. The molecule has 0 aliphatic carbocycles. The van der Waals surface area contributed by atoms with Crippen LogP contribution in [0.4, 0.5) is 5.69 Å². The number of carbonyl (C=O) groups is 1. The molecule has 3 nitrogen and oxygen atoms in total. The Bertz CT molecular complexity index is 624. The van der Waals surface area contributed by atoms with E-state index in [1.54, 1.807) is 31.4 Å². The predicted molar refractivity (Wildman–Crippen MR) is 82.1 cm³/mol. The van der Waals surface area contributed by atoms with Crippen molar-refractivity contribution >= 4 is 29.3 Å². The molecule has 1 N–H and O–H groups in total. The molecule has 4 heteroatoms. The quantitative estimate of drug-likeness (QED) is 0.863. The van der Waals surface area contributed by atoms with E-state index in [1.807, 2.05) is 30.3 Å². The Hall–Kier alpha value is -2.26. The number of anilines is 1. The predicted octanol–water partition coefficient (Wildman–Crippen LogP) is 4.00. The fraction of sp³-hybridized carbons (Fsp3) is 0.0625. The van der Waals surface area contributed by atoms with Gasteiger partial charge in [0.1, 0.15) is 5.75 Å². The van der Waals surface area contributed by atoms with E-state index in [1.165, 1.54) is 6.08 Å². The van der Waals surface area contributed by atoms with Gasteiger partial charge >= 0.3 is 0 Å². The molecule has 2 aromatic carbocycles. The third kappa shape index (κ3) is 3.87. The molecule has 0 unspecified atom stereocenters. The van der Waals surface area contributed by atoms with Crippen LogP contribution in [0.3, 0.4) is 0 Å². The molecular weight excluding hydrogens is 274 g/mol. The summed E-state index contributed by atoms with van der Waals surface area (Å²) in [4.78, 5) is 11.8. The molecule has 0 spiro atoms. The van der Waals surface area contributed by atoms with Gasteiger partial charge in [-0.15, -0.1) is 0 Å². The Kier molecular flexibility index (Phi) is 4.80. The summed E-state index contributed by atoms with van der Waals surface area (Å²) in [6.45, 7) is 0. The lowest BCUT2D eigenvalue weighted by molar-refractivity contribution is -0.111. The maximum absolute atomic E-state index is 11.8. The number of ether oxygens (including phenoxy) is 1. The minimum atomic E-state index is -0.213. The minimum Gasteiger partial charge on any atom is -0.495 e. The Morgan fingerprint density at radius 1 is 1.20 bits per heavy atom. The molecule has 102 valence electrons. The van der Waals surface area contributed by atoms with Gasteiger partial charge in [-0.25, -0.2) is 0 Å². The van der Waals surface area contributed by atoms with Crippen LogP contribution in [-0.2, 0) is 4.79 Å². The highest BCUT2D eigenvalue weighted by atomic mass is 35.5. The molecule has 2 aromatic rings. The van der Waals surface area contributed by atoms with E-state index in [9.17, 15) is 4.79 Å². The van der Waals surface area contributed by atoms with Crippen LogP contribution in [0.5, 0.6) is 5.75 Å². The summed E-state index contributed by atoms with van der Waals surface area (Å²) in [7, 11) is 1.54. The molecule has 0 saturated carbocycles. The monoisotopic (exact) mass is 287 g/mol. The number of amides is 1. The van der Waals surface area contributed by atoms with Crippen molar-refractivity contribution in [3.8, 4) is 5.75 Å². The van der Waals surface area contributed by atoms with Crippen LogP contribution in [-0.4, -0.2) is 13.0 Å². The first kappa shape index (κ1) is 14.2. The number of nitrogens with one attached hydrogen (secondary N) is 1. The van der Waals surface area contributed by atoms with Crippen molar-refractivity contribution in [1.82, 2.24) is 0 Å². The normalized spacial score (nSPS) is 10.5. The van der Waals surface area contributed by atoms with Gasteiger partial charge in [-0.3, -0.25) is 4.79 Å². The van der Waals surface area contributed by atoms with Crippen molar-refractivity contribution in [3.63, 3.8) is 0 Å². The lowest BCUT2D eigenvalue weighted by Gasteiger charge is -2.06. The van der Waals surface area contributed by atoms with E-state index in [0.29, 0.717) is 16.5 Å². The Morgan fingerprint density at radius 3 is 2.60 bits per heavy atom. The largest absolute Gasteiger partial charge is 0.495 e. The number of benzene rings is 2. The van der Waals surface area contributed by atoms with Gasteiger partial charge in [0.2, 0.25) is 5.91 Å². The topological polar surface area (TPSA) is 38.3 Å². The van der Waals surface area contributed by atoms with E-state index >= 15 is 0 Å². The smallest absolute Gasteiger partial charge is 0.248 e. The van der Waals surface area contributed by atoms with Gasteiger partial charge in [-0.05, 0) is 29.8 Å². The summed E-state index contributed by atoms with van der Waals surface area (Å²) in [5.41, 5.74) is 1.59. The first-order chi connectivity index (χ1) is 9.69. The fourth-order valence-electron chi connectivity index (χ4n) is 1.66. The second-order valence-corrected chi connectivity index (χ2v) is 4.49. The van der Waals surface area contributed by atoms with E-state index in [2.05, 4.69) is 5.32 Å². The summed E-state index contributed by atoms with van der Waals surface area (Å²) in [5.74, 6) is 0.361. The maximum atomic E-state index is 11.8. The van der Waals surface area contributed by atoms with Crippen LogP contribution in [0, 0.1) is 0 Å². The molecule has 0 atom stereocenters. The zero-order chi connectivity index (χ0) is 14.4. The lowest BCUT2D eigenvalue weighted by Crippen LogP contribution is -2.07. The number of hydrogen-bond donors (Lipinski definition) is 1. The van der Waals surface area contributed by atoms with Crippen LogP contribution in [0.1, 0.15) is 5.56 Å². The van der Waals surface area contributed by atoms with E-state index < -0.39 is 0 Å². The molecule has 0 saturated heterocycles. The van der Waals surface area contributed by atoms with Gasteiger partial charge in [0.05, 0.1) is 12.1 Å². The highest BCUT2D eigenvalue weighted by Crippen LogP contribution is 2.27. The first-order valence-electron chi connectivity index (χ1n) is 6.06. The van der Waals surface area contributed by atoms with Crippen molar-refractivity contribution in [3.05, 3.63) is 65.2 Å². The molecule has 0 bridgehead atoms. The molecule has 0 aliphatic heterocycles. The molecule has 0 radical (unpaired) electrons. The molecule has 0 heterocycles.